The molecule has 3 atom stereocenters. The lowest BCUT2D eigenvalue weighted by atomic mass is 9.94. The van der Waals surface area contributed by atoms with Crippen LogP contribution in [0.4, 0.5) is 5.82 Å². The fourth-order valence-electron chi connectivity index (χ4n) is 5.62. The Balaban J connectivity index is 1.16. The first-order valence-corrected chi connectivity index (χ1v) is 13.1. The molecule has 0 amide bonds. The topological polar surface area (TPSA) is 83.9 Å². The number of pyridine rings is 1. The average Bonchev–Trinajstić information content (AvgIpc) is 3.54. The number of hydrogen-bond acceptors (Lipinski definition) is 6. The van der Waals surface area contributed by atoms with Crippen molar-refractivity contribution in [1.82, 2.24) is 9.88 Å². The van der Waals surface area contributed by atoms with Gasteiger partial charge in [-0.15, -0.1) is 0 Å². The number of nitrogens with one attached hydrogen (secondary N) is 1. The molecule has 7 heteroatoms. The fourth-order valence-corrected chi connectivity index (χ4v) is 5.62. The maximum absolute atomic E-state index is 11.7. The highest BCUT2D eigenvalue weighted by Crippen LogP contribution is 2.30. The smallest absolute Gasteiger partial charge is 0.304 e. The summed E-state index contributed by atoms with van der Waals surface area (Å²) in [7, 11) is 0. The van der Waals surface area contributed by atoms with Gasteiger partial charge in [-0.1, -0.05) is 18.2 Å². The molecule has 3 aliphatic rings. The minimum Gasteiger partial charge on any atom is -0.488 e. The largest absolute Gasteiger partial charge is 0.488 e. The lowest BCUT2D eigenvalue weighted by Crippen LogP contribution is -2.28. The highest BCUT2D eigenvalue weighted by molar-refractivity contribution is 5.68. The summed E-state index contributed by atoms with van der Waals surface area (Å²) in [5.74, 6) is 1.70. The third kappa shape index (κ3) is 6.53. The first-order chi connectivity index (χ1) is 17.1. The maximum atomic E-state index is 11.7. The number of carboxylic acids is 1. The zero-order valence-corrected chi connectivity index (χ0v) is 20.5. The number of aliphatic carboxylic acids is 1. The highest BCUT2D eigenvalue weighted by Gasteiger charge is 2.27. The van der Waals surface area contributed by atoms with E-state index >= 15 is 0 Å². The number of carbonyl (C=O) groups is 1. The van der Waals surface area contributed by atoms with Crippen LogP contribution in [0.1, 0.15) is 54.8 Å². The fraction of sp³-hybridized carbons (Fsp3) is 0.571. The van der Waals surface area contributed by atoms with Gasteiger partial charge < -0.3 is 24.8 Å². The Morgan fingerprint density at radius 1 is 1.29 bits per heavy atom. The van der Waals surface area contributed by atoms with Crippen LogP contribution < -0.4 is 10.1 Å². The maximum Gasteiger partial charge on any atom is 0.304 e. The van der Waals surface area contributed by atoms with Gasteiger partial charge in [-0.05, 0) is 73.9 Å². The van der Waals surface area contributed by atoms with Crippen LogP contribution in [0, 0.1) is 5.92 Å². The average molecular weight is 480 g/mol. The molecule has 5 rings (SSSR count). The number of benzene rings is 1. The lowest BCUT2D eigenvalue weighted by molar-refractivity contribution is -0.137. The van der Waals surface area contributed by atoms with Crippen LogP contribution >= 0.6 is 0 Å². The standard InChI is InChI=1S/C28H37N3O4/c32-27(33)16-23(22-3-1-5-25(15-22)35-26-11-14-34-19-26)18-31-13-10-20(17-31)6-8-24-9-7-21-4-2-12-29-28(21)30-24/h1,3,5,7,9,15,20,23,26H,2,4,6,8,10-14,16-19H2,(H,29,30)(H,32,33)/t20-,23-,26+/m1/s1. The van der Waals surface area contributed by atoms with Crippen molar-refractivity contribution >= 4 is 11.8 Å². The minimum atomic E-state index is -0.756. The summed E-state index contributed by atoms with van der Waals surface area (Å²) in [5.41, 5.74) is 3.55. The number of nitrogens with zero attached hydrogens (tertiary/aromatic N) is 2. The lowest BCUT2D eigenvalue weighted by Gasteiger charge is -2.24. The number of aromatic nitrogens is 1. The van der Waals surface area contributed by atoms with E-state index in [0.29, 0.717) is 12.5 Å². The van der Waals surface area contributed by atoms with E-state index in [-0.39, 0.29) is 18.4 Å². The zero-order chi connectivity index (χ0) is 24.0. The number of anilines is 1. The van der Waals surface area contributed by atoms with Crippen LogP contribution in [0.5, 0.6) is 5.75 Å². The van der Waals surface area contributed by atoms with Crippen LogP contribution in [-0.4, -0.2) is 66.5 Å². The van der Waals surface area contributed by atoms with Gasteiger partial charge in [0.25, 0.3) is 0 Å². The summed E-state index contributed by atoms with van der Waals surface area (Å²) in [6, 6.07) is 12.4. The third-order valence-corrected chi connectivity index (χ3v) is 7.55. The van der Waals surface area contributed by atoms with Gasteiger partial charge in [0.15, 0.2) is 0 Å². The van der Waals surface area contributed by atoms with Gasteiger partial charge >= 0.3 is 5.97 Å². The predicted molar refractivity (Wildman–Crippen MR) is 135 cm³/mol. The summed E-state index contributed by atoms with van der Waals surface area (Å²) in [6.45, 7) is 5.18. The molecule has 2 N–H and O–H groups in total. The molecule has 35 heavy (non-hydrogen) atoms. The predicted octanol–water partition coefficient (Wildman–Crippen LogP) is 4.12. The molecule has 0 unspecified atom stereocenters. The van der Waals surface area contributed by atoms with Crippen LogP contribution in [-0.2, 0) is 22.4 Å². The monoisotopic (exact) mass is 479 g/mol. The Kier molecular flexibility index (Phi) is 7.84. The quantitative estimate of drug-likeness (QED) is 0.530. The van der Waals surface area contributed by atoms with E-state index in [2.05, 4.69) is 22.3 Å². The summed E-state index contributed by atoms with van der Waals surface area (Å²) in [6.07, 6.45) is 6.69. The van der Waals surface area contributed by atoms with E-state index in [1.807, 2.05) is 24.3 Å². The molecule has 2 fully saturated rings. The number of rotatable bonds is 10. The van der Waals surface area contributed by atoms with E-state index in [1.54, 1.807) is 0 Å². The molecule has 0 aliphatic carbocycles. The molecule has 4 heterocycles. The molecule has 0 radical (unpaired) electrons. The van der Waals surface area contributed by atoms with Crippen molar-refractivity contribution in [2.75, 3.05) is 44.7 Å². The second-order valence-corrected chi connectivity index (χ2v) is 10.3. The Hall–Kier alpha value is -2.64. The van der Waals surface area contributed by atoms with Gasteiger partial charge in [0.2, 0.25) is 0 Å². The van der Waals surface area contributed by atoms with Gasteiger partial charge in [0, 0.05) is 37.7 Å². The number of aryl methyl sites for hydroxylation is 2. The van der Waals surface area contributed by atoms with Crippen molar-refractivity contribution in [3.05, 3.63) is 53.2 Å². The van der Waals surface area contributed by atoms with Crippen molar-refractivity contribution < 1.29 is 19.4 Å². The molecular formula is C28H37N3O4. The Bertz CT molecular complexity index is 1010. The first-order valence-electron chi connectivity index (χ1n) is 13.1. The van der Waals surface area contributed by atoms with Crippen LogP contribution in [0.15, 0.2) is 36.4 Å². The van der Waals surface area contributed by atoms with Gasteiger partial charge in [-0.2, -0.15) is 0 Å². The van der Waals surface area contributed by atoms with Crippen LogP contribution in [0.25, 0.3) is 0 Å². The van der Waals surface area contributed by atoms with Crippen molar-refractivity contribution in [3.63, 3.8) is 0 Å². The van der Waals surface area contributed by atoms with Crippen molar-refractivity contribution in [2.24, 2.45) is 5.92 Å². The minimum absolute atomic E-state index is 0.0528. The molecule has 0 spiro atoms. The van der Waals surface area contributed by atoms with Crippen molar-refractivity contribution in [3.8, 4) is 5.75 Å². The van der Waals surface area contributed by atoms with E-state index in [4.69, 9.17) is 14.5 Å². The molecule has 2 saturated heterocycles. The third-order valence-electron chi connectivity index (χ3n) is 7.55. The molecule has 3 aliphatic heterocycles. The summed E-state index contributed by atoms with van der Waals surface area (Å²) in [4.78, 5) is 19.0. The summed E-state index contributed by atoms with van der Waals surface area (Å²) in [5, 5.41) is 13.0. The number of carboxylic acid groups (broad SMARTS) is 1. The molecule has 0 bridgehead atoms. The molecule has 1 aromatic carbocycles. The van der Waals surface area contributed by atoms with E-state index in [9.17, 15) is 9.90 Å². The van der Waals surface area contributed by atoms with Crippen LogP contribution in [0.2, 0.25) is 0 Å². The summed E-state index contributed by atoms with van der Waals surface area (Å²) < 4.78 is 11.5. The summed E-state index contributed by atoms with van der Waals surface area (Å²) >= 11 is 0. The molecule has 7 nitrogen and oxygen atoms in total. The number of ether oxygens (including phenoxy) is 2. The van der Waals surface area contributed by atoms with Gasteiger partial charge in [0.05, 0.1) is 19.6 Å². The zero-order valence-electron chi connectivity index (χ0n) is 20.5. The molecule has 2 aromatic rings. The van der Waals surface area contributed by atoms with Gasteiger partial charge in [-0.25, -0.2) is 4.98 Å². The van der Waals surface area contributed by atoms with Gasteiger partial charge in [0.1, 0.15) is 17.7 Å². The second-order valence-electron chi connectivity index (χ2n) is 10.3. The van der Waals surface area contributed by atoms with Gasteiger partial charge in [-0.3, -0.25) is 4.79 Å². The number of likely N-dealkylation sites (tertiary alicyclic amines) is 1. The SMILES string of the molecule is O=C(O)C[C@H](CN1CC[C@@H](CCc2ccc3c(n2)NCCC3)C1)c1cccc(O[C@H]2CCOC2)c1. The first kappa shape index (κ1) is 24.1. The van der Waals surface area contributed by atoms with E-state index in [0.717, 1.165) is 82.0 Å². The molecule has 1 aromatic heterocycles. The normalized spacial score (nSPS) is 23.0. The molecule has 188 valence electrons. The highest BCUT2D eigenvalue weighted by atomic mass is 16.5. The number of fused-ring (bicyclic) bond motifs is 1. The van der Waals surface area contributed by atoms with Crippen molar-refractivity contribution in [2.45, 2.75) is 57.0 Å². The Morgan fingerprint density at radius 2 is 2.23 bits per heavy atom. The Morgan fingerprint density at radius 3 is 3.09 bits per heavy atom. The molecule has 0 saturated carbocycles. The molecular weight excluding hydrogens is 442 g/mol. The van der Waals surface area contributed by atoms with Crippen LogP contribution in [0.3, 0.4) is 0 Å². The van der Waals surface area contributed by atoms with E-state index in [1.165, 1.54) is 17.7 Å². The Labute approximate surface area is 207 Å². The van der Waals surface area contributed by atoms with E-state index < -0.39 is 5.97 Å². The van der Waals surface area contributed by atoms with Crippen molar-refractivity contribution in [1.29, 1.82) is 0 Å². The second kappa shape index (κ2) is 11.4. The number of hydrogen-bond donors (Lipinski definition) is 2.